The number of pyridine rings is 1. The fourth-order valence-corrected chi connectivity index (χ4v) is 2.88. The van der Waals surface area contributed by atoms with Gasteiger partial charge in [0.15, 0.2) is 0 Å². The predicted octanol–water partition coefficient (Wildman–Crippen LogP) is 3.99. The molecule has 0 radical (unpaired) electrons. The maximum absolute atomic E-state index is 12.9. The molecule has 0 aliphatic carbocycles. The Labute approximate surface area is 165 Å². The van der Waals surface area contributed by atoms with Crippen molar-refractivity contribution in [3.63, 3.8) is 0 Å². The van der Waals surface area contributed by atoms with Gasteiger partial charge in [-0.25, -0.2) is 0 Å². The van der Waals surface area contributed by atoms with Crippen LogP contribution in [0.5, 0.6) is 0 Å². The molecule has 2 aromatic carbocycles. The van der Waals surface area contributed by atoms with Gasteiger partial charge in [-0.05, 0) is 37.6 Å². The number of aromatic nitrogens is 1. The summed E-state index contributed by atoms with van der Waals surface area (Å²) in [6.07, 6.45) is 2.96. The first-order valence-electron chi connectivity index (χ1n) is 9.24. The summed E-state index contributed by atoms with van der Waals surface area (Å²) in [6, 6.07) is 19.0. The number of nitrogens with one attached hydrogen (secondary N) is 1. The van der Waals surface area contributed by atoms with E-state index in [0.29, 0.717) is 24.2 Å². The molecule has 0 fully saturated rings. The van der Waals surface area contributed by atoms with Gasteiger partial charge in [0.25, 0.3) is 11.8 Å². The van der Waals surface area contributed by atoms with Gasteiger partial charge in [0.2, 0.25) is 0 Å². The van der Waals surface area contributed by atoms with Crippen LogP contribution >= 0.6 is 0 Å². The normalized spacial score (nSPS) is 10.4. The number of rotatable bonds is 6. The molecule has 1 N–H and O–H groups in total. The van der Waals surface area contributed by atoms with Crippen molar-refractivity contribution in [2.24, 2.45) is 0 Å². The zero-order valence-corrected chi connectivity index (χ0v) is 16.1. The summed E-state index contributed by atoms with van der Waals surface area (Å²) in [7, 11) is 0. The Bertz CT molecular complexity index is 953. The molecule has 5 nitrogen and oxygen atoms in total. The summed E-state index contributed by atoms with van der Waals surface area (Å²) in [5, 5.41) is 2.87. The van der Waals surface area contributed by atoms with E-state index in [-0.39, 0.29) is 11.8 Å². The number of carbonyl (C=O) groups excluding carboxylic acids is 2. The Hall–Kier alpha value is -3.47. The van der Waals surface area contributed by atoms with E-state index < -0.39 is 0 Å². The van der Waals surface area contributed by atoms with Gasteiger partial charge in [-0.15, -0.1) is 0 Å². The molecule has 0 saturated carbocycles. The molecule has 0 saturated heterocycles. The maximum Gasteiger partial charge on any atom is 0.259 e. The SMILES string of the molecule is CCN(C(=O)c1cncc(C(=O)NCc2ccc(C)cc2)c1)c1ccccc1. The zero-order chi connectivity index (χ0) is 19.9. The standard InChI is InChI=1S/C23H23N3O2/c1-3-26(21-7-5-4-6-8-21)23(28)20-13-19(15-24-16-20)22(27)25-14-18-11-9-17(2)10-12-18/h4-13,15-16H,3,14H2,1-2H3,(H,25,27). The summed E-state index contributed by atoms with van der Waals surface area (Å²) in [4.78, 5) is 31.2. The summed E-state index contributed by atoms with van der Waals surface area (Å²) in [5.41, 5.74) is 3.74. The van der Waals surface area contributed by atoms with Gasteiger partial charge < -0.3 is 10.2 Å². The number of hydrogen-bond donors (Lipinski definition) is 1. The second kappa shape index (κ2) is 8.95. The van der Waals surface area contributed by atoms with Crippen molar-refractivity contribution in [2.45, 2.75) is 20.4 Å². The lowest BCUT2D eigenvalue weighted by Crippen LogP contribution is -2.31. The molecule has 1 heterocycles. The third kappa shape index (κ3) is 4.62. The summed E-state index contributed by atoms with van der Waals surface area (Å²) in [5.74, 6) is -0.445. The number of para-hydroxylation sites is 1. The van der Waals surface area contributed by atoms with Gasteiger partial charge in [0.05, 0.1) is 11.1 Å². The second-order valence-electron chi connectivity index (χ2n) is 6.52. The van der Waals surface area contributed by atoms with E-state index in [1.54, 1.807) is 11.0 Å². The first-order valence-corrected chi connectivity index (χ1v) is 9.24. The summed E-state index contributed by atoms with van der Waals surface area (Å²) >= 11 is 0. The highest BCUT2D eigenvalue weighted by Gasteiger charge is 2.18. The highest BCUT2D eigenvalue weighted by atomic mass is 16.2. The first kappa shape index (κ1) is 19.3. The lowest BCUT2D eigenvalue weighted by molar-refractivity contribution is 0.0950. The monoisotopic (exact) mass is 373 g/mol. The first-order chi connectivity index (χ1) is 13.6. The third-order valence-corrected chi connectivity index (χ3v) is 4.45. The maximum atomic E-state index is 12.9. The number of benzene rings is 2. The van der Waals surface area contributed by atoms with Crippen molar-refractivity contribution < 1.29 is 9.59 Å². The number of anilines is 1. The Balaban J connectivity index is 1.72. The van der Waals surface area contributed by atoms with E-state index in [1.807, 2.05) is 68.4 Å². The van der Waals surface area contributed by atoms with Crippen molar-refractivity contribution in [1.82, 2.24) is 10.3 Å². The van der Waals surface area contributed by atoms with Gasteiger partial charge in [0, 0.05) is 31.2 Å². The molecule has 0 aliphatic rings. The Morgan fingerprint density at radius 2 is 1.64 bits per heavy atom. The minimum Gasteiger partial charge on any atom is -0.348 e. The number of aryl methyl sites for hydroxylation is 1. The van der Waals surface area contributed by atoms with E-state index in [4.69, 9.17) is 0 Å². The Morgan fingerprint density at radius 3 is 2.32 bits per heavy atom. The fourth-order valence-electron chi connectivity index (χ4n) is 2.88. The van der Waals surface area contributed by atoms with Gasteiger partial charge in [-0.3, -0.25) is 14.6 Å². The number of amides is 2. The van der Waals surface area contributed by atoms with Crippen LogP contribution in [0.2, 0.25) is 0 Å². The molecule has 0 spiro atoms. The van der Waals surface area contributed by atoms with E-state index in [2.05, 4.69) is 10.3 Å². The van der Waals surface area contributed by atoms with E-state index in [1.165, 1.54) is 18.0 Å². The van der Waals surface area contributed by atoms with Crippen LogP contribution in [-0.2, 0) is 6.54 Å². The molecule has 5 heteroatoms. The quantitative estimate of drug-likeness (QED) is 0.711. The van der Waals surface area contributed by atoms with Crippen molar-refractivity contribution in [3.8, 4) is 0 Å². The summed E-state index contributed by atoms with van der Waals surface area (Å²) in [6.45, 7) is 4.87. The average molecular weight is 373 g/mol. The largest absolute Gasteiger partial charge is 0.348 e. The predicted molar refractivity (Wildman–Crippen MR) is 110 cm³/mol. The number of nitrogens with zero attached hydrogens (tertiary/aromatic N) is 2. The molecule has 0 atom stereocenters. The van der Waals surface area contributed by atoms with Crippen molar-refractivity contribution in [3.05, 3.63) is 95.3 Å². The van der Waals surface area contributed by atoms with Gasteiger partial charge in [-0.2, -0.15) is 0 Å². The van der Waals surface area contributed by atoms with Crippen LogP contribution < -0.4 is 10.2 Å². The van der Waals surface area contributed by atoms with Gasteiger partial charge in [-0.1, -0.05) is 48.0 Å². The average Bonchev–Trinajstić information content (AvgIpc) is 2.74. The molecule has 3 aromatic rings. The van der Waals surface area contributed by atoms with Crippen LogP contribution in [0.15, 0.2) is 73.1 Å². The zero-order valence-electron chi connectivity index (χ0n) is 16.1. The van der Waals surface area contributed by atoms with Crippen LogP contribution in [0, 0.1) is 6.92 Å². The number of carbonyl (C=O) groups is 2. The van der Waals surface area contributed by atoms with Crippen LogP contribution in [0.3, 0.4) is 0 Å². The van der Waals surface area contributed by atoms with E-state index in [9.17, 15) is 9.59 Å². The highest BCUT2D eigenvalue weighted by Crippen LogP contribution is 2.17. The molecule has 142 valence electrons. The minimum atomic E-state index is -0.259. The fraction of sp³-hybridized carbons (Fsp3) is 0.174. The van der Waals surface area contributed by atoms with Gasteiger partial charge >= 0.3 is 0 Å². The van der Waals surface area contributed by atoms with Crippen LogP contribution in [0.25, 0.3) is 0 Å². The lowest BCUT2D eigenvalue weighted by atomic mass is 10.1. The molecule has 0 bridgehead atoms. The molecule has 28 heavy (non-hydrogen) atoms. The van der Waals surface area contributed by atoms with Crippen LogP contribution in [0.4, 0.5) is 5.69 Å². The Kier molecular flexibility index (Phi) is 6.17. The molecule has 3 rings (SSSR count). The van der Waals surface area contributed by atoms with Gasteiger partial charge in [0.1, 0.15) is 0 Å². The molecule has 0 unspecified atom stereocenters. The smallest absolute Gasteiger partial charge is 0.259 e. The van der Waals surface area contributed by atoms with E-state index in [0.717, 1.165) is 11.3 Å². The lowest BCUT2D eigenvalue weighted by Gasteiger charge is -2.21. The molecular weight excluding hydrogens is 350 g/mol. The van der Waals surface area contributed by atoms with E-state index >= 15 is 0 Å². The second-order valence-corrected chi connectivity index (χ2v) is 6.52. The van der Waals surface area contributed by atoms with Crippen molar-refractivity contribution in [2.75, 3.05) is 11.4 Å². The van der Waals surface area contributed by atoms with Crippen LogP contribution in [-0.4, -0.2) is 23.3 Å². The molecular formula is C23H23N3O2. The molecule has 2 amide bonds. The minimum absolute atomic E-state index is 0.186. The van der Waals surface area contributed by atoms with Crippen LogP contribution in [0.1, 0.15) is 38.8 Å². The third-order valence-electron chi connectivity index (χ3n) is 4.45. The van der Waals surface area contributed by atoms with Crippen molar-refractivity contribution in [1.29, 1.82) is 0 Å². The van der Waals surface area contributed by atoms with Crippen molar-refractivity contribution >= 4 is 17.5 Å². The highest BCUT2D eigenvalue weighted by molar-refractivity contribution is 6.07. The molecule has 0 aliphatic heterocycles. The Morgan fingerprint density at radius 1 is 0.964 bits per heavy atom. The topological polar surface area (TPSA) is 62.3 Å². The molecule has 1 aromatic heterocycles. The number of hydrogen-bond acceptors (Lipinski definition) is 3. The summed E-state index contributed by atoms with van der Waals surface area (Å²) < 4.78 is 0.